The summed E-state index contributed by atoms with van der Waals surface area (Å²) in [4.78, 5) is 27.6. The van der Waals surface area contributed by atoms with Crippen molar-refractivity contribution in [1.82, 2.24) is 10.2 Å². The molecule has 7 nitrogen and oxygen atoms in total. The van der Waals surface area contributed by atoms with Crippen LogP contribution in [-0.4, -0.2) is 44.8 Å². The van der Waals surface area contributed by atoms with Crippen molar-refractivity contribution in [2.45, 2.75) is 31.3 Å². The van der Waals surface area contributed by atoms with E-state index in [-0.39, 0.29) is 17.3 Å². The fourth-order valence-corrected chi connectivity index (χ4v) is 5.36. The number of nitrogens with one attached hydrogen (secondary N) is 1. The Kier molecular flexibility index (Phi) is 9.16. The summed E-state index contributed by atoms with van der Waals surface area (Å²) in [6.07, 6.45) is 0. The Bertz CT molecular complexity index is 1310. The lowest BCUT2D eigenvalue weighted by atomic mass is 10.1. The second-order valence-corrected chi connectivity index (χ2v) is 11.5. The van der Waals surface area contributed by atoms with E-state index < -0.39 is 28.5 Å². The number of anilines is 1. The lowest BCUT2D eigenvalue weighted by Gasteiger charge is -2.31. The monoisotopic (exact) mass is 591 g/mol. The number of benzene rings is 3. The van der Waals surface area contributed by atoms with Crippen LogP contribution in [-0.2, 0) is 26.2 Å². The van der Waals surface area contributed by atoms with E-state index in [9.17, 15) is 18.0 Å². The van der Waals surface area contributed by atoms with E-state index in [0.29, 0.717) is 10.7 Å². The first-order valence-corrected chi connectivity index (χ1v) is 13.7. The quantitative estimate of drug-likeness (QED) is 0.388. The van der Waals surface area contributed by atoms with Crippen LogP contribution in [0.25, 0.3) is 0 Å². The summed E-state index contributed by atoms with van der Waals surface area (Å²) in [7, 11) is -2.60. The number of hydrogen-bond acceptors (Lipinski definition) is 4. The number of amides is 2. The Morgan fingerprint density at radius 2 is 1.56 bits per heavy atom. The number of carbonyl (C=O) groups excluding carboxylic acids is 2. The highest BCUT2D eigenvalue weighted by Crippen LogP contribution is 2.26. The predicted octanol–water partition coefficient (Wildman–Crippen LogP) is 4.77. The average molecular weight is 593 g/mol. The van der Waals surface area contributed by atoms with Gasteiger partial charge in [-0.1, -0.05) is 57.4 Å². The van der Waals surface area contributed by atoms with E-state index in [1.54, 1.807) is 67.6 Å². The molecule has 1 N–H and O–H groups in total. The van der Waals surface area contributed by atoms with Crippen LogP contribution in [0.2, 0.25) is 5.02 Å². The number of rotatable bonds is 9. The molecule has 0 aliphatic rings. The molecule has 2 amide bonds. The summed E-state index contributed by atoms with van der Waals surface area (Å²) in [5.74, 6) is -0.895. The van der Waals surface area contributed by atoms with Gasteiger partial charge in [0.15, 0.2) is 0 Å². The Hall–Kier alpha value is -2.88. The molecule has 0 unspecified atom stereocenters. The van der Waals surface area contributed by atoms with Crippen LogP contribution >= 0.6 is 27.5 Å². The maximum absolute atomic E-state index is 13.7. The molecule has 0 heterocycles. The lowest BCUT2D eigenvalue weighted by molar-refractivity contribution is -0.139. The van der Waals surface area contributed by atoms with Crippen LogP contribution in [0.3, 0.4) is 0 Å². The number of halogens is 2. The molecular weight excluding hydrogens is 566 g/mol. The zero-order valence-corrected chi connectivity index (χ0v) is 23.3. The molecule has 3 aromatic rings. The van der Waals surface area contributed by atoms with Crippen LogP contribution < -0.4 is 9.62 Å². The number of carbonyl (C=O) groups is 2. The van der Waals surface area contributed by atoms with Crippen LogP contribution in [0.5, 0.6) is 0 Å². The van der Waals surface area contributed by atoms with E-state index in [1.807, 2.05) is 6.92 Å². The predicted molar refractivity (Wildman–Crippen MR) is 145 cm³/mol. The second-order valence-electron chi connectivity index (χ2n) is 8.24. The maximum atomic E-state index is 13.7. The molecule has 0 aromatic heterocycles. The van der Waals surface area contributed by atoms with Crippen molar-refractivity contribution < 1.29 is 18.0 Å². The molecule has 0 aliphatic heterocycles. The van der Waals surface area contributed by atoms with Gasteiger partial charge in [-0.15, -0.1) is 0 Å². The first-order valence-electron chi connectivity index (χ1n) is 11.1. The van der Waals surface area contributed by atoms with Crippen molar-refractivity contribution in [2.75, 3.05) is 17.9 Å². The van der Waals surface area contributed by atoms with Gasteiger partial charge in [-0.3, -0.25) is 13.9 Å². The number of nitrogens with zero attached hydrogens (tertiary/aromatic N) is 2. The highest BCUT2D eigenvalue weighted by Gasteiger charge is 2.32. The normalized spacial score (nSPS) is 12.0. The van der Waals surface area contributed by atoms with Gasteiger partial charge in [-0.2, -0.15) is 0 Å². The van der Waals surface area contributed by atoms with Gasteiger partial charge in [-0.05, 0) is 67.9 Å². The zero-order chi connectivity index (χ0) is 26.5. The molecule has 1 atom stereocenters. The third-order valence-electron chi connectivity index (χ3n) is 5.68. The Balaban J connectivity index is 2.01. The largest absolute Gasteiger partial charge is 0.357 e. The van der Waals surface area contributed by atoms with E-state index in [4.69, 9.17) is 11.6 Å². The summed E-state index contributed by atoms with van der Waals surface area (Å²) in [5.41, 5.74) is 1.99. The third kappa shape index (κ3) is 6.66. The highest BCUT2D eigenvalue weighted by atomic mass is 79.9. The van der Waals surface area contributed by atoms with Crippen LogP contribution in [0, 0.1) is 6.92 Å². The molecule has 10 heteroatoms. The number of sulfonamides is 1. The minimum Gasteiger partial charge on any atom is -0.357 e. The third-order valence-corrected chi connectivity index (χ3v) is 8.25. The first kappa shape index (κ1) is 27.7. The number of likely N-dealkylation sites (N-methyl/N-ethyl adjacent to an activating group) is 1. The molecule has 36 heavy (non-hydrogen) atoms. The van der Waals surface area contributed by atoms with Crippen molar-refractivity contribution in [3.63, 3.8) is 0 Å². The topological polar surface area (TPSA) is 86.8 Å². The Labute approximate surface area is 225 Å². The number of aryl methyl sites for hydroxylation is 1. The highest BCUT2D eigenvalue weighted by molar-refractivity contribution is 9.10. The molecule has 0 fully saturated rings. The first-order chi connectivity index (χ1) is 17.0. The van der Waals surface area contributed by atoms with Crippen LogP contribution in [0.15, 0.2) is 82.2 Å². The maximum Gasteiger partial charge on any atom is 0.264 e. The van der Waals surface area contributed by atoms with Crippen LogP contribution in [0.1, 0.15) is 18.1 Å². The lowest BCUT2D eigenvalue weighted by Crippen LogP contribution is -2.50. The van der Waals surface area contributed by atoms with E-state index in [1.165, 1.54) is 24.1 Å². The Morgan fingerprint density at radius 3 is 2.11 bits per heavy atom. The summed E-state index contributed by atoms with van der Waals surface area (Å²) in [6.45, 7) is 3.07. The second kappa shape index (κ2) is 11.9. The molecule has 0 radical (unpaired) electrons. The molecule has 0 bridgehead atoms. The molecule has 0 saturated heterocycles. The molecule has 0 saturated carbocycles. The standard InChI is InChI=1S/C26H27BrClN3O4S/c1-18-4-14-24(15-5-18)36(34,35)31(23-12-8-21(27)9-13-23)17-25(32)30(19(2)26(33)29-3)16-20-6-10-22(28)11-7-20/h4-15,19H,16-17H2,1-3H3,(H,29,33)/t19-/m0/s1. The van der Waals surface area contributed by atoms with Gasteiger partial charge < -0.3 is 10.2 Å². The summed E-state index contributed by atoms with van der Waals surface area (Å²) in [6, 6.07) is 19.1. The molecule has 3 aromatic carbocycles. The average Bonchev–Trinajstić information content (AvgIpc) is 2.86. The molecule has 3 rings (SSSR count). The molecule has 0 aliphatic carbocycles. The Morgan fingerprint density at radius 1 is 0.972 bits per heavy atom. The SMILES string of the molecule is CNC(=O)[C@H](C)N(Cc1ccc(Cl)cc1)C(=O)CN(c1ccc(Br)cc1)S(=O)(=O)c1ccc(C)cc1. The van der Waals surface area contributed by atoms with Gasteiger partial charge in [0.1, 0.15) is 12.6 Å². The molecule has 0 spiro atoms. The zero-order valence-electron chi connectivity index (χ0n) is 20.1. The minimum absolute atomic E-state index is 0.0624. The van der Waals surface area contributed by atoms with E-state index >= 15 is 0 Å². The van der Waals surface area contributed by atoms with Crippen molar-refractivity contribution >= 4 is 55.1 Å². The van der Waals surface area contributed by atoms with Gasteiger partial charge in [-0.25, -0.2) is 8.42 Å². The summed E-state index contributed by atoms with van der Waals surface area (Å²) >= 11 is 9.35. The number of hydrogen-bond donors (Lipinski definition) is 1. The fourth-order valence-electron chi connectivity index (χ4n) is 3.55. The minimum atomic E-state index is -4.09. The molecular formula is C26H27BrClN3O4S. The summed E-state index contributed by atoms with van der Waals surface area (Å²) < 4.78 is 29.2. The van der Waals surface area contributed by atoms with Gasteiger partial charge in [0, 0.05) is 23.1 Å². The molecule has 190 valence electrons. The smallest absolute Gasteiger partial charge is 0.264 e. The van der Waals surface area contributed by atoms with E-state index in [0.717, 1.165) is 19.9 Å². The van der Waals surface area contributed by atoms with Crippen molar-refractivity contribution in [3.8, 4) is 0 Å². The van der Waals surface area contributed by atoms with Crippen molar-refractivity contribution in [2.24, 2.45) is 0 Å². The van der Waals surface area contributed by atoms with Crippen molar-refractivity contribution in [1.29, 1.82) is 0 Å². The van der Waals surface area contributed by atoms with Gasteiger partial charge in [0.25, 0.3) is 10.0 Å². The summed E-state index contributed by atoms with van der Waals surface area (Å²) in [5, 5.41) is 3.10. The van der Waals surface area contributed by atoms with Gasteiger partial charge in [0.05, 0.1) is 10.6 Å². The van der Waals surface area contributed by atoms with Gasteiger partial charge in [0.2, 0.25) is 11.8 Å². The fraction of sp³-hybridized carbons (Fsp3) is 0.231. The van der Waals surface area contributed by atoms with E-state index in [2.05, 4.69) is 21.2 Å². The van der Waals surface area contributed by atoms with Crippen LogP contribution in [0.4, 0.5) is 5.69 Å². The van der Waals surface area contributed by atoms with Crippen molar-refractivity contribution in [3.05, 3.63) is 93.4 Å². The van der Waals surface area contributed by atoms with Gasteiger partial charge >= 0.3 is 0 Å².